The molecule has 9 heteroatoms. The van der Waals surface area contributed by atoms with Gasteiger partial charge in [-0.25, -0.2) is 27.4 Å². The summed E-state index contributed by atoms with van der Waals surface area (Å²) >= 11 is 0. The van der Waals surface area contributed by atoms with E-state index < -0.39 is 32.5 Å². The molecule has 20 heavy (non-hydrogen) atoms. The third kappa shape index (κ3) is 4.83. The van der Waals surface area contributed by atoms with Crippen LogP contribution in [0.4, 0.5) is 8.78 Å². The van der Waals surface area contributed by atoms with Crippen molar-refractivity contribution in [1.29, 1.82) is 0 Å². The van der Waals surface area contributed by atoms with Crippen LogP contribution in [-0.2, 0) is 19.7 Å². The van der Waals surface area contributed by atoms with Gasteiger partial charge in [0, 0.05) is 13.0 Å². The average molecular weight is 308 g/mol. The van der Waals surface area contributed by atoms with Gasteiger partial charge in [0.05, 0.1) is 11.5 Å². The van der Waals surface area contributed by atoms with E-state index in [9.17, 15) is 22.0 Å². The highest BCUT2D eigenvalue weighted by atomic mass is 32.2. The first-order valence-corrected chi connectivity index (χ1v) is 7.20. The molecule has 1 amide bonds. The lowest BCUT2D eigenvalue weighted by Crippen LogP contribution is -2.31. The second kappa shape index (κ2) is 7.27. The van der Waals surface area contributed by atoms with E-state index in [1.165, 1.54) is 0 Å². The van der Waals surface area contributed by atoms with Crippen LogP contribution in [0.15, 0.2) is 23.1 Å². The summed E-state index contributed by atoms with van der Waals surface area (Å²) in [5.41, 5.74) is 2.09. The summed E-state index contributed by atoms with van der Waals surface area (Å²) in [5, 5.41) is 0. The zero-order chi connectivity index (χ0) is 15.2. The van der Waals surface area contributed by atoms with Crippen LogP contribution in [0.1, 0.15) is 13.3 Å². The van der Waals surface area contributed by atoms with Gasteiger partial charge in [-0.1, -0.05) is 0 Å². The first-order chi connectivity index (χ1) is 9.36. The van der Waals surface area contributed by atoms with Crippen LogP contribution in [-0.4, -0.2) is 27.5 Å². The average Bonchev–Trinajstić information content (AvgIpc) is 2.39. The van der Waals surface area contributed by atoms with E-state index in [4.69, 9.17) is 0 Å². The number of carbonyl (C=O) groups is 1. The van der Waals surface area contributed by atoms with Gasteiger partial charge in [0.1, 0.15) is 0 Å². The molecule has 112 valence electrons. The zero-order valence-electron chi connectivity index (χ0n) is 10.7. The van der Waals surface area contributed by atoms with Crippen LogP contribution in [0.5, 0.6) is 0 Å². The van der Waals surface area contributed by atoms with Crippen molar-refractivity contribution < 1.29 is 26.8 Å². The number of benzene rings is 1. The maximum absolute atomic E-state index is 13.0. The van der Waals surface area contributed by atoms with Gasteiger partial charge >= 0.3 is 0 Å². The molecule has 0 bridgehead atoms. The van der Waals surface area contributed by atoms with Gasteiger partial charge in [-0.3, -0.25) is 9.63 Å². The highest BCUT2D eigenvalue weighted by Gasteiger charge is 2.16. The van der Waals surface area contributed by atoms with Crippen molar-refractivity contribution in [2.45, 2.75) is 18.2 Å². The molecule has 0 heterocycles. The Labute approximate surface area is 115 Å². The van der Waals surface area contributed by atoms with Gasteiger partial charge in [-0.15, -0.1) is 0 Å². The Morgan fingerprint density at radius 1 is 1.30 bits per heavy atom. The second-order valence-corrected chi connectivity index (χ2v) is 5.45. The van der Waals surface area contributed by atoms with Crippen LogP contribution < -0.4 is 10.2 Å². The molecule has 0 aliphatic carbocycles. The predicted octanol–water partition coefficient (Wildman–Crippen LogP) is 0.701. The normalized spacial score (nSPS) is 11.3. The number of carbonyl (C=O) groups excluding carboxylic acids is 1. The maximum Gasteiger partial charge on any atom is 0.244 e. The molecule has 0 aromatic heterocycles. The largest absolute Gasteiger partial charge is 0.274 e. The molecule has 0 saturated carbocycles. The summed E-state index contributed by atoms with van der Waals surface area (Å²) in [6.45, 7) is 1.76. The van der Waals surface area contributed by atoms with Gasteiger partial charge in [0.25, 0.3) is 0 Å². The van der Waals surface area contributed by atoms with E-state index in [1.54, 1.807) is 6.92 Å². The maximum atomic E-state index is 13.0. The van der Waals surface area contributed by atoms with Gasteiger partial charge in [0.2, 0.25) is 15.9 Å². The van der Waals surface area contributed by atoms with E-state index in [1.807, 2.05) is 0 Å². The lowest BCUT2D eigenvalue weighted by Gasteiger charge is -2.07. The summed E-state index contributed by atoms with van der Waals surface area (Å²) < 4.78 is 51.2. The van der Waals surface area contributed by atoms with Crippen molar-refractivity contribution in [1.82, 2.24) is 10.2 Å². The highest BCUT2D eigenvalue weighted by molar-refractivity contribution is 7.89. The molecule has 0 radical (unpaired) electrons. The Bertz CT molecular complexity index is 578. The summed E-state index contributed by atoms with van der Waals surface area (Å²) in [6.07, 6.45) is -0.150. The molecule has 6 nitrogen and oxygen atoms in total. The molecule has 0 spiro atoms. The molecule has 2 N–H and O–H groups in total. The minimum Gasteiger partial charge on any atom is -0.274 e. The number of hydrogen-bond donors (Lipinski definition) is 2. The molecule has 0 aliphatic rings. The first-order valence-electron chi connectivity index (χ1n) is 5.72. The molecule has 1 aromatic rings. The number of hydroxylamine groups is 1. The van der Waals surface area contributed by atoms with Crippen LogP contribution >= 0.6 is 0 Å². The fourth-order valence-corrected chi connectivity index (χ4v) is 2.27. The quantitative estimate of drug-likeness (QED) is 0.726. The van der Waals surface area contributed by atoms with Gasteiger partial charge in [-0.2, -0.15) is 0 Å². The number of amides is 1. The number of sulfonamides is 1. The van der Waals surface area contributed by atoms with Crippen LogP contribution in [0.25, 0.3) is 0 Å². The van der Waals surface area contributed by atoms with Gasteiger partial charge in [0.15, 0.2) is 11.6 Å². The molecule has 0 unspecified atom stereocenters. The lowest BCUT2D eigenvalue weighted by atomic mass is 10.3. The van der Waals surface area contributed by atoms with Crippen molar-refractivity contribution in [2.24, 2.45) is 0 Å². The van der Waals surface area contributed by atoms with E-state index in [0.29, 0.717) is 12.1 Å². The summed E-state index contributed by atoms with van der Waals surface area (Å²) in [4.78, 5) is 15.4. The molecule has 0 atom stereocenters. The SMILES string of the molecule is CCONC(=O)CCNS(=O)(=O)c1ccc(F)c(F)c1. The smallest absolute Gasteiger partial charge is 0.244 e. The Kier molecular flexibility index (Phi) is 5.99. The monoisotopic (exact) mass is 308 g/mol. The topological polar surface area (TPSA) is 84.5 Å². The minimum atomic E-state index is -3.99. The van der Waals surface area contributed by atoms with Gasteiger partial charge in [-0.05, 0) is 25.1 Å². The lowest BCUT2D eigenvalue weighted by molar-refractivity contribution is -0.132. The van der Waals surface area contributed by atoms with Crippen molar-refractivity contribution in [2.75, 3.05) is 13.2 Å². The van der Waals surface area contributed by atoms with Crippen LogP contribution in [0.3, 0.4) is 0 Å². The summed E-state index contributed by atoms with van der Waals surface area (Å²) in [5.74, 6) is -2.90. The molecule has 1 rings (SSSR count). The van der Waals surface area contributed by atoms with Gasteiger partial charge < -0.3 is 0 Å². The van der Waals surface area contributed by atoms with Crippen molar-refractivity contribution in [3.63, 3.8) is 0 Å². The molecule has 0 fully saturated rings. The Morgan fingerprint density at radius 2 is 2.00 bits per heavy atom. The fourth-order valence-electron chi connectivity index (χ4n) is 1.23. The van der Waals surface area contributed by atoms with E-state index in [0.717, 1.165) is 6.07 Å². The molecular weight excluding hydrogens is 294 g/mol. The Hall–Kier alpha value is -1.58. The first kappa shape index (κ1) is 16.5. The number of rotatable bonds is 7. The molecule has 0 aliphatic heterocycles. The molecule has 1 aromatic carbocycles. The predicted molar refractivity (Wildman–Crippen MR) is 65.9 cm³/mol. The second-order valence-electron chi connectivity index (χ2n) is 3.68. The Balaban J connectivity index is 2.57. The van der Waals surface area contributed by atoms with E-state index in [-0.39, 0.29) is 19.6 Å². The van der Waals surface area contributed by atoms with Crippen molar-refractivity contribution in [3.05, 3.63) is 29.8 Å². The zero-order valence-corrected chi connectivity index (χ0v) is 11.5. The van der Waals surface area contributed by atoms with E-state index >= 15 is 0 Å². The Morgan fingerprint density at radius 3 is 2.60 bits per heavy atom. The van der Waals surface area contributed by atoms with E-state index in [2.05, 4.69) is 15.0 Å². The minimum absolute atomic E-state index is 0.150. The summed E-state index contributed by atoms with van der Waals surface area (Å²) in [7, 11) is -3.99. The van der Waals surface area contributed by atoms with Crippen molar-refractivity contribution in [3.8, 4) is 0 Å². The number of halogens is 2. The molecule has 0 saturated heterocycles. The fraction of sp³-hybridized carbons (Fsp3) is 0.364. The third-order valence-corrected chi connectivity index (χ3v) is 3.63. The number of nitrogens with one attached hydrogen (secondary N) is 2. The van der Waals surface area contributed by atoms with Crippen LogP contribution in [0.2, 0.25) is 0 Å². The molecular formula is C11H14F2N2O4S. The van der Waals surface area contributed by atoms with Crippen molar-refractivity contribution >= 4 is 15.9 Å². The highest BCUT2D eigenvalue weighted by Crippen LogP contribution is 2.13. The standard InChI is InChI=1S/C11H14F2N2O4S/c1-2-19-15-11(16)5-6-14-20(17,18)8-3-4-9(12)10(13)7-8/h3-4,7,14H,2,5-6H2,1H3,(H,15,16). The number of hydrogen-bond acceptors (Lipinski definition) is 4. The summed E-state index contributed by atoms with van der Waals surface area (Å²) in [6, 6.07) is 2.21. The van der Waals surface area contributed by atoms with Crippen LogP contribution in [0, 0.1) is 11.6 Å². The third-order valence-electron chi connectivity index (χ3n) is 2.18.